The van der Waals surface area contributed by atoms with Gasteiger partial charge >= 0.3 is 0 Å². The summed E-state index contributed by atoms with van der Waals surface area (Å²) in [6.45, 7) is 0. The van der Waals surface area contributed by atoms with Crippen molar-refractivity contribution in [1.82, 2.24) is 0 Å². The summed E-state index contributed by atoms with van der Waals surface area (Å²) in [6, 6.07) is 5.21. The largest absolute Gasteiger partial charge is 0.699 e. The normalized spacial score (nSPS) is 10.3. The lowest BCUT2D eigenvalue weighted by molar-refractivity contribution is 0.151. The Morgan fingerprint density at radius 3 is 2.00 bits per heavy atom. The number of halogens is 2. The average molecular weight is 142 g/mol. The maximum Gasteiger partial charge on any atom is 0.263 e. The first kappa shape index (κ1) is 6.99. The van der Waals surface area contributed by atoms with Gasteiger partial charge in [-0.25, -0.2) is 8.78 Å². The second kappa shape index (κ2) is 2.64. The van der Waals surface area contributed by atoms with E-state index in [1.807, 2.05) is 0 Å². The zero-order valence-corrected chi connectivity index (χ0v) is 5.14. The lowest BCUT2D eigenvalue weighted by Gasteiger charge is -2.03. The standard InChI is InChI=1S/C7H6F2N/c8-7(9)5-1-3-6(10)4-2-5/h1-4,7,10H/q-1. The van der Waals surface area contributed by atoms with Gasteiger partial charge in [0.2, 0.25) is 0 Å². The Balaban J connectivity index is 2.89. The van der Waals surface area contributed by atoms with Crippen LogP contribution in [0.15, 0.2) is 24.3 Å². The Labute approximate surface area is 57.5 Å². The van der Waals surface area contributed by atoms with Crippen molar-refractivity contribution in [2.45, 2.75) is 6.43 Å². The summed E-state index contributed by atoms with van der Waals surface area (Å²) < 4.78 is 23.7. The molecule has 0 aliphatic heterocycles. The van der Waals surface area contributed by atoms with E-state index in [0.29, 0.717) is 0 Å². The van der Waals surface area contributed by atoms with E-state index < -0.39 is 6.43 Å². The molecule has 0 aliphatic rings. The van der Waals surface area contributed by atoms with Crippen molar-refractivity contribution < 1.29 is 8.78 Å². The lowest BCUT2D eigenvalue weighted by Crippen LogP contribution is -1.80. The van der Waals surface area contributed by atoms with Crippen LogP contribution < -0.4 is 0 Å². The highest BCUT2D eigenvalue weighted by molar-refractivity contribution is 5.43. The molecule has 0 amide bonds. The Morgan fingerprint density at radius 1 is 1.10 bits per heavy atom. The SMILES string of the molecule is [NH-]c1ccc(C(F)F)cc1. The second-order valence-corrected chi connectivity index (χ2v) is 1.92. The Kier molecular flexibility index (Phi) is 1.85. The van der Waals surface area contributed by atoms with Gasteiger partial charge in [-0.3, -0.25) is 0 Å². The monoisotopic (exact) mass is 142 g/mol. The molecule has 1 N–H and O–H groups in total. The minimum absolute atomic E-state index is 0.0315. The van der Waals surface area contributed by atoms with Crippen LogP contribution in [0.4, 0.5) is 14.5 Å². The summed E-state index contributed by atoms with van der Waals surface area (Å²) in [7, 11) is 0. The van der Waals surface area contributed by atoms with E-state index in [2.05, 4.69) is 0 Å². The molecule has 1 aromatic rings. The van der Waals surface area contributed by atoms with Crippen molar-refractivity contribution in [2.75, 3.05) is 0 Å². The summed E-state index contributed by atoms with van der Waals surface area (Å²) in [5.74, 6) is 0. The molecule has 0 aromatic heterocycles. The molecule has 0 aliphatic carbocycles. The molecular formula is C7H6F2N-. The molecule has 10 heavy (non-hydrogen) atoms. The molecule has 0 spiro atoms. The minimum Gasteiger partial charge on any atom is -0.699 e. The summed E-state index contributed by atoms with van der Waals surface area (Å²) in [5.41, 5.74) is 7.21. The van der Waals surface area contributed by atoms with E-state index in [0.717, 1.165) is 0 Å². The molecular weight excluding hydrogens is 136 g/mol. The zero-order chi connectivity index (χ0) is 7.56. The quantitative estimate of drug-likeness (QED) is 0.574. The molecule has 0 saturated carbocycles. The number of alkyl halides is 2. The Bertz CT molecular complexity index is 205. The topological polar surface area (TPSA) is 23.8 Å². The van der Waals surface area contributed by atoms with Gasteiger partial charge in [0, 0.05) is 5.56 Å². The van der Waals surface area contributed by atoms with Crippen LogP contribution in [-0.4, -0.2) is 0 Å². The first-order valence-electron chi connectivity index (χ1n) is 2.80. The number of benzene rings is 1. The number of hydrogen-bond acceptors (Lipinski definition) is 0. The molecule has 0 heterocycles. The zero-order valence-electron chi connectivity index (χ0n) is 5.14. The van der Waals surface area contributed by atoms with Crippen molar-refractivity contribution in [2.24, 2.45) is 0 Å². The van der Waals surface area contributed by atoms with Crippen molar-refractivity contribution in [3.8, 4) is 0 Å². The number of nitrogens with one attached hydrogen (secondary N) is 1. The van der Waals surface area contributed by atoms with Crippen molar-refractivity contribution >= 4 is 5.69 Å². The molecule has 54 valence electrons. The van der Waals surface area contributed by atoms with Crippen LogP contribution in [0.25, 0.3) is 5.73 Å². The molecule has 3 heteroatoms. The number of hydrogen-bond donors (Lipinski definition) is 0. The van der Waals surface area contributed by atoms with Gasteiger partial charge in [0.15, 0.2) is 0 Å². The van der Waals surface area contributed by atoms with Gasteiger partial charge in [-0.1, -0.05) is 24.3 Å². The Hall–Kier alpha value is -1.12. The highest BCUT2D eigenvalue weighted by Crippen LogP contribution is 2.20. The third-order valence-electron chi connectivity index (χ3n) is 1.16. The minimum atomic E-state index is -2.43. The molecule has 0 radical (unpaired) electrons. The van der Waals surface area contributed by atoms with Crippen LogP contribution in [0.1, 0.15) is 12.0 Å². The van der Waals surface area contributed by atoms with Gasteiger partial charge in [-0.05, 0) is 0 Å². The Morgan fingerprint density at radius 2 is 1.60 bits per heavy atom. The predicted octanol–water partition coefficient (Wildman–Crippen LogP) is 3.31. The van der Waals surface area contributed by atoms with Crippen LogP contribution in [0.3, 0.4) is 0 Å². The average Bonchev–Trinajstić information content (AvgIpc) is 1.88. The van der Waals surface area contributed by atoms with E-state index in [9.17, 15) is 8.78 Å². The van der Waals surface area contributed by atoms with Gasteiger partial charge < -0.3 is 5.73 Å². The summed E-state index contributed by atoms with van der Waals surface area (Å²) >= 11 is 0. The van der Waals surface area contributed by atoms with Gasteiger partial charge in [0.05, 0.1) is 0 Å². The third kappa shape index (κ3) is 1.43. The molecule has 1 aromatic carbocycles. The molecule has 0 atom stereocenters. The fourth-order valence-corrected chi connectivity index (χ4v) is 0.629. The summed E-state index contributed by atoms with van der Waals surface area (Å²) in [4.78, 5) is 0. The highest BCUT2D eigenvalue weighted by atomic mass is 19.3. The molecule has 0 saturated heterocycles. The third-order valence-corrected chi connectivity index (χ3v) is 1.16. The summed E-state index contributed by atoms with van der Waals surface area (Å²) in [6.07, 6.45) is -2.43. The predicted molar refractivity (Wildman–Crippen MR) is 35.4 cm³/mol. The van der Waals surface area contributed by atoms with Crippen LogP contribution in [0.5, 0.6) is 0 Å². The van der Waals surface area contributed by atoms with Crippen molar-refractivity contribution in [3.63, 3.8) is 0 Å². The maximum absolute atomic E-state index is 11.8. The smallest absolute Gasteiger partial charge is 0.263 e. The molecule has 0 fully saturated rings. The fraction of sp³-hybridized carbons (Fsp3) is 0.143. The highest BCUT2D eigenvalue weighted by Gasteiger charge is 2.03. The van der Waals surface area contributed by atoms with Gasteiger partial charge in [-0.15, -0.1) is 5.69 Å². The van der Waals surface area contributed by atoms with E-state index in [-0.39, 0.29) is 11.3 Å². The van der Waals surface area contributed by atoms with Crippen LogP contribution in [-0.2, 0) is 0 Å². The molecule has 1 rings (SSSR count). The van der Waals surface area contributed by atoms with Gasteiger partial charge in [-0.2, -0.15) is 0 Å². The van der Waals surface area contributed by atoms with E-state index in [1.165, 1.54) is 24.3 Å². The molecule has 0 bridgehead atoms. The fourth-order valence-electron chi connectivity index (χ4n) is 0.629. The molecule has 0 unspecified atom stereocenters. The van der Waals surface area contributed by atoms with Crippen LogP contribution >= 0.6 is 0 Å². The number of rotatable bonds is 1. The van der Waals surface area contributed by atoms with Gasteiger partial charge in [0.25, 0.3) is 6.43 Å². The van der Waals surface area contributed by atoms with E-state index in [1.54, 1.807) is 0 Å². The van der Waals surface area contributed by atoms with E-state index in [4.69, 9.17) is 5.73 Å². The van der Waals surface area contributed by atoms with E-state index >= 15 is 0 Å². The summed E-state index contributed by atoms with van der Waals surface area (Å²) in [5, 5.41) is 0. The van der Waals surface area contributed by atoms with Gasteiger partial charge in [0.1, 0.15) is 0 Å². The first-order chi connectivity index (χ1) is 4.70. The first-order valence-corrected chi connectivity index (χ1v) is 2.80. The second-order valence-electron chi connectivity index (χ2n) is 1.92. The van der Waals surface area contributed by atoms with Crippen LogP contribution in [0, 0.1) is 0 Å². The van der Waals surface area contributed by atoms with Crippen molar-refractivity contribution in [3.05, 3.63) is 35.6 Å². The van der Waals surface area contributed by atoms with Crippen LogP contribution in [0.2, 0.25) is 0 Å². The maximum atomic E-state index is 11.8. The lowest BCUT2D eigenvalue weighted by atomic mass is 10.2. The molecule has 1 nitrogen and oxygen atoms in total. The van der Waals surface area contributed by atoms with Crippen molar-refractivity contribution in [1.29, 1.82) is 0 Å².